The third-order valence-electron chi connectivity index (χ3n) is 8.61. The Morgan fingerprint density at radius 3 is 1.39 bits per heavy atom. The summed E-state index contributed by atoms with van der Waals surface area (Å²) in [4.78, 5) is 38.7. The number of para-hydroxylation sites is 1. The summed E-state index contributed by atoms with van der Waals surface area (Å²) in [5.74, 6) is 0.00180. The molecule has 2 amide bonds. The first-order valence-electron chi connectivity index (χ1n) is 17.6. The fourth-order valence-electron chi connectivity index (χ4n) is 6.37. The van der Waals surface area contributed by atoms with Crippen LogP contribution in [0.3, 0.4) is 0 Å². The second-order valence-electron chi connectivity index (χ2n) is 15.7. The maximum absolute atomic E-state index is 12.4. The number of halogens is 9. The number of carbonyl (C=O) groups excluding carboxylic acids is 3. The first-order chi connectivity index (χ1) is 26.9. The predicted octanol–water partition coefficient (Wildman–Crippen LogP) is 7.85. The van der Waals surface area contributed by atoms with Gasteiger partial charge < -0.3 is 18.6 Å². The molecule has 0 saturated carbocycles. The smallest absolute Gasteiger partial charge is 0.444 e. The molecule has 4 unspecified atom stereocenters. The van der Waals surface area contributed by atoms with Crippen molar-refractivity contribution in [3.63, 3.8) is 0 Å². The van der Waals surface area contributed by atoms with E-state index >= 15 is 0 Å². The molecule has 15 nitrogen and oxygen atoms in total. The van der Waals surface area contributed by atoms with Gasteiger partial charge in [-0.2, -0.15) is 64.8 Å². The zero-order chi connectivity index (χ0) is 46.2. The number of ether oxygens (including phenoxy) is 2. The lowest BCUT2D eigenvalue weighted by molar-refractivity contribution is -0.123. The number of piperidine rings is 1. The molecular formula is C34H46F9N3O12S3. The van der Waals surface area contributed by atoms with E-state index in [0.717, 1.165) is 31.0 Å². The molecule has 4 atom stereocenters. The number of hydrogen-bond donors (Lipinski definition) is 0. The number of alkyl halides is 9. The van der Waals surface area contributed by atoms with E-state index in [-0.39, 0.29) is 43.6 Å². The molecule has 1 aromatic rings. The Morgan fingerprint density at radius 2 is 1.02 bits per heavy atom. The van der Waals surface area contributed by atoms with Gasteiger partial charge >= 0.3 is 58.9 Å². The third kappa shape index (κ3) is 13.0. The van der Waals surface area contributed by atoms with Gasteiger partial charge in [0, 0.05) is 37.4 Å². The van der Waals surface area contributed by atoms with E-state index in [1.165, 1.54) is 11.0 Å². The maximum Gasteiger partial charge on any atom is 0.534 e. The minimum absolute atomic E-state index is 0. The Morgan fingerprint density at radius 1 is 0.623 bits per heavy atom. The molecule has 4 bridgehead atoms. The summed E-state index contributed by atoms with van der Waals surface area (Å²) in [5.41, 5.74) is -20.4. The van der Waals surface area contributed by atoms with E-state index < -0.39 is 85.5 Å². The monoisotopic (exact) mass is 955 g/mol. The van der Waals surface area contributed by atoms with Gasteiger partial charge in [0.2, 0.25) is 0 Å². The molecule has 3 saturated heterocycles. The summed E-state index contributed by atoms with van der Waals surface area (Å²) in [6, 6.07) is 3.06. The largest absolute Gasteiger partial charge is 0.534 e. The van der Waals surface area contributed by atoms with Crippen molar-refractivity contribution >= 4 is 53.8 Å². The molecule has 0 radical (unpaired) electrons. The molecule has 0 aliphatic carbocycles. The second-order valence-corrected chi connectivity index (χ2v) is 21.0. The topological polar surface area (TPSA) is 191 Å². The summed E-state index contributed by atoms with van der Waals surface area (Å²) in [6.45, 7) is 10.7. The number of benzene rings is 1. The van der Waals surface area contributed by atoms with Crippen LogP contribution in [0.25, 0.3) is 0 Å². The highest BCUT2D eigenvalue weighted by molar-refractivity contribution is 8.11. The Kier molecular flexibility index (Phi) is 16.0. The number of carbonyl (C=O) groups is 3. The van der Waals surface area contributed by atoms with Crippen LogP contribution in [0.2, 0.25) is 0 Å². The third-order valence-corrected chi connectivity index (χ3v) is 13.2. The fraction of sp³-hybridized carbons (Fsp3) is 0.676. The lowest BCUT2D eigenvalue weighted by Crippen LogP contribution is -2.49. The van der Waals surface area contributed by atoms with E-state index in [9.17, 15) is 79.2 Å². The Balaban J connectivity index is 0.000000317. The molecule has 0 N–H and O–H groups in total. The summed E-state index contributed by atoms with van der Waals surface area (Å²) in [7, 11) is -19.3. The van der Waals surface area contributed by atoms with Crippen LogP contribution in [-0.2, 0) is 48.6 Å². The molecule has 5 rings (SSSR count). The molecular weight excluding hydrogens is 910 g/mol. The van der Waals surface area contributed by atoms with Gasteiger partial charge in [-0.25, -0.2) is 9.59 Å². The highest BCUT2D eigenvalue weighted by atomic mass is 32.3. The molecule has 3 fully saturated rings. The lowest BCUT2D eigenvalue weighted by atomic mass is 10.0. The summed E-state index contributed by atoms with van der Waals surface area (Å²) >= 11 is 0. The van der Waals surface area contributed by atoms with Crippen LogP contribution in [0, 0.1) is 0 Å². The molecule has 350 valence electrons. The van der Waals surface area contributed by atoms with Gasteiger partial charge in [-0.15, -0.1) is 3.71 Å². The number of rotatable bonds is 5. The van der Waals surface area contributed by atoms with E-state index in [0.29, 0.717) is 37.8 Å². The van der Waals surface area contributed by atoms with E-state index in [1.54, 1.807) is 25.7 Å². The number of Topliss-reactive ketones (excluding diaryl/α,β-unsaturated/α-hetero) is 1. The van der Waals surface area contributed by atoms with Crippen LogP contribution in [0.1, 0.15) is 93.9 Å². The zero-order valence-electron chi connectivity index (χ0n) is 32.6. The SMILES string of the molecule is C.CC(C)(C)OC(=O)N1C2C=C(OS(=O)(=O)C(F)(F)F)CC1CC2.CC(C)(C)OC(=O)N1C2CCC1CC(=O)C2.O=S(=O)(N(c1ccccc1)S(=O)(=O)C(F)(F)F)C(F)(F)F. The molecule has 0 spiro atoms. The van der Waals surface area contributed by atoms with Gasteiger partial charge in [0.05, 0.1) is 11.7 Å². The molecule has 1 aromatic carbocycles. The Bertz CT molecular complexity index is 2060. The number of amides is 2. The summed E-state index contributed by atoms with van der Waals surface area (Å²) in [6.07, 6.45) is 4.28. The highest BCUT2D eigenvalue weighted by Gasteiger charge is 2.62. The van der Waals surface area contributed by atoms with Crippen LogP contribution in [0.15, 0.2) is 42.2 Å². The average Bonchev–Trinajstić information content (AvgIpc) is 3.48. The van der Waals surface area contributed by atoms with Crippen LogP contribution >= 0.6 is 0 Å². The van der Waals surface area contributed by atoms with Crippen molar-refractivity contribution in [1.29, 1.82) is 0 Å². The van der Waals surface area contributed by atoms with Crippen molar-refractivity contribution in [2.24, 2.45) is 0 Å². The van der Waals surface area contributed by atoms with Crippen LogP contribution in [0.4, 0.5) is 54.8 Å². The van der Waals surface area contributed by atoms with Crippen molar-refractivity contribution in [2.45, 2.75) is 146 Å². The normalized spacial score (nSPS) is 22.0. The Hall–Kier alpha value is -4.01. The van der Waals surface area contributed by atoms with Gasteiger partial charge in [-0.05, 0) is 85.4 Å². The molecule has 61 heavy (non-hydrogen) atoms. The number of sulfonamides is 2. The number of hydrogen-bond acceptors (Lipinski definition) is 12. The quantitative estimate of drug-likeness (QED) is 0.158. The van der Waals surface area contributed by atoms with Gasteiger partial charge in [0.25, 0.3) is 0 Å². The molecule has 27 heteroatoms. The van der Waals surface area contributed by atoms with Gasteiger partial charge in [0.15, 0.2) is 0 Å². The first-order valence-corrected chi connectivity index (χ1v) is 21.9. The molecule has 4 heterocycles. The first kappa shape index (κ1) is 53.1. The Labute approximate surface area is 347 Å². The van der Waals surface area contributed by atoms with Crippen LogP contribution in [0.5, 0.6) is 0 Å². The number of fused-ring (bicyclic) bond motifs is 4. The summed E-state index contributed by atoms with van der Waals surface area (Å²) in [5, 5.41) is 0. The minimum atomic E-state index is -6.81. The van der Waals surface area contributed by atoms with Crippen molar-refractivity contribution in [1.82, 2.24) is 9.80 Å². The fourth-order valence-corrected chi connectivity index (χ4v) is 9.58. The van der Waals surface area contributed by atoms with E-state index in [4.69, 9.17) is 9.47 Å². The van der Waals surface area contributed by atoms with Crippen molar-refractivity contribution in [2.75, 3.05) is 3.71 Å². The van der Waals surface area contributed by atoms with Gasteiger partial charge in [0.1, 0.15) is 22.7 Å². The minimum Gasteiger partial charge on any atom is -0.444 e. The number of nitrogens with zero attached hydrogens (tertiary/aromatic N) is 3. The van der Waals surface area contributed by atoms with Gasteiger partial charge in [-0.1, -0.05) is 25.6 Å². The lowest BCUT2D eigenvalue weighted by Gasteiger charge is -2.35. The number of ketones is 1. The summed E-state index contributed by atoms with van der Waals surface area (Å²) < 4.78 is 192. The van der Waals surface area contributed by atoms with E-state index in [2.05, 4.69) is 4.18 Å². The van der Waals surface area contributed by atoms with Crippen LogP contribution < -0.4 is 3.71 Å². The molecule has 0 aromatic heterocycles. The average molecular weight is 956 g/mol. The second kappa shape index (κ2) is 18.4. The zero-order valence-corrected chi connectivity index (χ0v) is 35.0. The standard InChI is InChI=1S/C13H18F3NO5S.C12H19NO3.C8H5F6NO4S2.CH4/c1-12(2,3)21-11(18)17-8-4-5-9(17)7-10(6-8)22-23(19,20)13(14,15)16;1-12(2,3)16-11(15)13-8-4-5-9(13)7-10(14)6-8;9-7(10,11)20(16,17)15(6-4-2-1-3-5-6)21(18,19)8(12,13)14;/h6,8-9H,4-5,7H2,1-3H3;8-9H,4-7H2,1-3H3;1-5H;1H4. The number of anilines is 1. The predicted molar refractivity (Wildman–Crippen MR) is 198 cm³/mol. The van der Waals surface area contributed by atoms with Crippen molar-refractivity contribution in [3.05, 3.63) is 42.2 Å². The molecule has 4 aliphatic heterocycles. The maximum atomic E-state index is 12.4. The van der Waals surface area contributed by atoms with Crippen molar-refractivity contribution < 1.29 is 92.8 Å². The van der Waals surface area contributed by atoms with Gasteiger partial charge in [-0.3, -0.25) is 9.69 Å². The van der Waals surface area contributed by atoms with E-state index in [1.807, 2.05) is 20.8 Å². The molecule has 4 aliphatic rings. The highest BCUT2D eigenvalue weighted by Crippen LogP contribution is 2.40. The van der Waals surface area contributed by atoms with Crippen LogP contribution in [-0.4, -0.2) is 105 Å². The van der Waals surface area contributed by atoms with Crippen molar-refractivity contribution in [3.8, 4) is 0 Å².